The Kier molecular flexibility index (Phi) is 41.8. The van der Waals surface area contributed by atoms with Crippen molar-refractivity contribution in [1.82, 2.24) is 0 Å². The Morgan fingerprint density at radius 2 is 1.52 bits per heavy atom. The van der Waals surface area contributed by atoms with Crippen molar-refractivity contribution in [2.45, 2.75) is 19.3 Å². The average molecular weight is 378 g/mol. The fraction of sp³-hybridized carbons (Fsp3) is 0.385. The van der Waals surface area contributed by atoms with Crippen LogP contribution in [-0.4, -0.2) is 20.2 Å². The van der Waals surface area contributed by atoms with Crippen LogP contribution < -0.4 is 0 Å². The Bertz CT molecular complexity index is 354. The van der Waals surface area contributed by atoms with Crippen LogP contribution in [0, 0.1) is 20.0 Å². The quantitative estimate of drug-likeness (QED) is 0.324. The molecule has 0 fully saturated rings. The summed E-state index contributed by atoms with van der Waals surface area (Å²) in [6, 6.07) is 0. The van der Waals surface area contributed by atoms with Gasteiger partial charge in [-0.3, -0.25) is 4.79 Å². The van der Waals surface area contributed by atoms with Gasteiger partial charge in [-0.2, -0.15) is 0 Å². The first-order chi connectivity index (χ1) is 9.26. The van der Waals surface area contributed by atoms with Crippen molar-refractivity contribution >= 4 is 5.97 Å². The molecule has 21 heavy (non-hydrogen) atoms. The maximum Gasteiger partial charge on any atom is 0 e. The van der Waals surface area contributed by atoms with E-state index >= 15 is 0 Å². The largest absolute Gasteiger partial charge is 0 e. The Morgan fingerprint density at radius 3 is 1.81 bits per heavy atom. The van der Waals surface area contributed by atoms with Crippen molar-refractivity contribution in [2.75, 3.05) is 14.2 Å². The first-order valence-corrected chi connectivity index (χ1v) is 4.87. The van der Waals surface area contributed by atoms with Gasteiger partial charge >= 0.3 is 39.9 Å². The van der Waals surface area contributed by atoms with Crippen molar-refractivity contribution in [2.24, 2.45) is 0 Å². The topological polar surface area (TPSA) is 95.2 Å². The number of hydrogen-bond acceptors (Lipinski definition) is 3. The van der Waals surface area contributed by atoms with Gasteiger partial charge in [0.2, 0.25) is 0 Å². The molecule has 0 N–H and O–H groups in total. The van der Waals surface area contributed by atoms with Crippen LogP contribution in [0.1, 0.15) is 19.3 Å². The van der Waals surface area contributed by atoms with Gasteiger partial charge in [0.1, 0.15) is 0 Å². The second kappa shape index (κ2) is 27.4. The summed E-state index contributed by atoms with van der Waals surface area (Å²) in [5.74, 6) is 0.786. The van der Waals surface area contributed by atoms with E-state index in [0.717, 1.165) is 24.2 Å². The number of hydrogen-bond donors (Lipinski definition) is 0. The minimum Gasteiger partial charge on any atom is 0 e. The number of esters is 1. The molecule has 0 aromatic heterocycles. The van der Waals surface area contributed by atoms with Crippen LogP contribution in [0.2, 0.25) is 0 Å². The molecular weight excluding hydrogens is 364 g/mol. The molecule has 0 aromatic carbocycles. The molecule has 0 atom stereocenters. The Hall–Kier alpha value is -0.991. The van der Waals surface area contributed by atoms with E-state index in [1.165, 1.54) is 7.11 Å². The van der Waals surface area contributed by atoms with E-state index in [4.69, 9.17) is 18.7 Å². The van der Waals surface area contributed by atoms with E-state index < -0.39 is 0 Å². The van der Waals surface area contributed by atoms with Crippen LogP contribution in [0.25, 0.3) is 0 Å². The van der Waals surface area contributed by atoms with Gasteiger partial charge < -0.3 is 9.47 Å². The predicted molar refractivity (Wildman–Crippen MR) is 60.8 cm³/mol. The Morgan fingerprint density at radius 1 is 1.05 bits per heavy atom. The molecule has 1 aliphatic rings. The first kappa shape index (κ1) is 32.1. The standard InChI is InChI=1S/C10H14O3.3CO.2Fe/c1-12-9-5-3-8(4-6-9)7-10(11)13-2;3*1-2;;/h3,5H,4,6-7H2,1-2H3;;;;;. The van der Waals surface area contributed by atoms with Crippen molar-refractivity contribution in [3.63, 3.8) is 0 Å². The van der Waals surface area contributed by atoms with Gasteiger partial charge in [0.25, 0.3) is 0 Å². The van der Waals surface area contributed by atoms with E-state index in [-0.39, 0.29) is 40.1 Å². The number of carbonyl (C=O) groups is 1. The fourth-order valence-electron chi connectivity index (χ4n) is 1.24. The zero-order chi connectivity index (χ0) is 15.7. The van der Waals surface area contributed by atoms with Crippen LogP contribution in [0.15, 0.2) is 23.5 Å². The zero-order valence-corrected chi connectivity index (χ0v) is 13.6. The normalized spacial score (nSPS) is 10.1. The van der Waals surface area contributed by atoms with E-state index in [1.807, 2.05) is 12.2 Å². The van der Waals surface area contributed by atoms with Gasteiger partial charge in [0.05, 0.1) is 26.4 Å². The summed E-state index contributed by atoms with van der Waals surface area (Å²) in [6.45, 7) is 13.5. The smallest absolute Gasteiger partial charge is 0 e. The number of methoxy groups -OCH3 is 2. The first-order valence-electron chi connectivity index (χ1n) is 4.87. The summed E-state index contributed by atoms with van der Waals surface area (Å²) in [6.07, 6.45) is 5.99. The number of ether oxygens (including phenoxy) is 2. The fourth-order valence-corrected chi connectivity index (χ4v) is 1.24. The van der Waals surface area contributed by atoms with Crippen LogP contribution >= 0.6 is 0 Å². The van der Waals surface area contributed by atoms with Crippen molar-refractivity contribution in [3.8, 4) is 0 Å². The molecule has 6 nitrogen and oxygen atoms in total. The van der Waals surface area contributed by atoms with Crippen LogP contribution in [0.3, 0.4) is 0 Å². The minimum atomic E-state index is -0.180. The van der Waals surface area contributed by atoms with E-state index in [2.05, 4.69) is 24.7 Å². The molecule has 0 bridgehead atoms. The van der Waals surface area contributed by atoms with Gasteiger partial charge in [-0.15, -0.1) is 0 Å². The molecule has 0 saturated heterocycles. The SMILES string of the molecule is COC(=O)CC1=CC=C(OC)CC1.[C-]#[O+].[C-]#[O+].[C-]#[O+].[Fe].[Fe]. The third-order valence-corrected chi connectivity index (χ3v) is 2.06. The van der Waals surface area contributed by atoms with Crippen molar-refractivity contribution < 1.29 is 62.4 Å². The van der Waals surface area contributed by atoms with Gasteiger partial charge in [-0.05, 0) is 12.5 Å². The van der Waals surface area contributed by atoms with Gasteiger partial charge in [-0.1, -0.05) is 11.6 Å². The molecule has 0 aromatic rings. The third-order valence-electron chi connectivity index (χ3n) is 2.06. The summed E-state index contributed by atoms with van der Waals surface area (Å²) in [4.78, 5) is 10.9. The number of carbonyl (C=O) groups excluding carboxylic acids is 1. The molecule has 8 heteroatoms. The predicted octanol–water partition coefficient (Wildman–Crippen LogP) is 1.68. The molecule has 0 heterocycles. The minimum absolute atomic E-state index is 0. The van der Waals surface area contributed by atoms with E-state index in [1.54, 1.807) is 7.11 Å². The number of allylic oxidation sites excluding steroid dienone is 3. The van der Waals surface area contributed by atoms with E-state index in [0.29, 0.717) is 6.42 Å². The number of rotatable bonds is 3. The third kappa shape index (κ3) is 19.0. The van der Waals surface area contributed by atoms with E-state index in [9.17, 15) is 4.79 Å². The van der Waals surface area contributed by atoms with Crippen molar-refractivity contribution in [1.29, 1.82) is 0 Å². The zero-order valence-electron chi connectivity index (χ0n) is 11.4. The Labute approximate surface area is 145 Å². The van der Waals surface area contributed by atoms with Crippen LogP contribution in [0.4, 0.5) is 0 Å². The maximum atomic E-state index is 10.9. The molecule has 0 aliphatic heterocycles. The summed E-state index contributed by atoms with van der Waals surface area (Å²) in [7, 11) is 3.06. The molecule has 0 saturated carbocycles. The molecule has 1 aliphatic carbocycles. The van der Waals surface area contributed by atoms with Gasteiger partial charge in [0.15, 0.2) is 0 Å². The van der Waals surface area contributed by atoms with Gasteiger partial charge in [-0.25, -0.2) is 0 Å². The van der Waals surface area contributed by atoms with Gasteiger partial charge in [0, 0.05) is 40.6 Å². The molecular formula is C13H14Fe2O6. The average Bonchev–Trinajstić information content (AvgIpc) is 2.54. The summed E-state index contributed by atoms with van der Waals surface area (Å²) < 4.78 is 32.1. The molecule has 0 unspecified atom stereocenters. The van der Waals surface area contributed by atoms with Crippen LogP contribution in [0.5, 0.6) is 0 Å². The molecule has 0 amide bonds. The monoisotopic (exact) mass is 378 g/mol. The second-order valence-electron chi connectivity index (χ2n) is 2.91. The summed E-state index contributed by atoms with van der Waals surface area (Å²) >= 11 is 0. The second-order valence-corrected chi connectivity index (χ2v) is 2.91. The summed E-state index contributed by atoms with van der Waals surface area (Å²) in [5, 5.41) is 0. The van der Waals surface area contributed by atoms with Crippen LogP contribution in [-0.2, 0) is 62.4 Å². The maximum absolute atomic E-state index is 10.9. The Balaban J connectivity index is -0.0000000951. The molecule has 1 rings (SSSR count). The summed E-state index contributed by atoms with van der Waals surface area (Å²) in [5.41, 5.74) is 1.10. The molecule has 0 spiro atoms. The molecule has 118 valence electrons. The molecule has 0 radical (unpaired) electrons. The van der Waals surface area contributed by atoms with Crippen molar-refractivity contribution in [3.05, 3.63) is 43.4 Å².